The first kappa shape index (κ1) is 16.9. The molecule has 0 amide bonds. The third-order valence-electron chi connectivity index (χ3n) is 4.40. The van der Waals surface area contributed by atoms with Crippen molar-refractivity contribution in [2.75, 3.05) is 46.3 Å². The highest BCUT2D eigenvalue weighted by Crippen LogP contribution is 2.19. The fraction of sp³-hybridized carbons (Fsp3) is 1.00. The van der Waals surface area contributed by atoms with E-state index in [4.69, 9.17) is 0 Å². The van der Waals surface area contributed by atoms with Gasteiger partial charge in [0.15, 0.2) is 0 Å². The largest absolute Gasteiger partial charge is 0.314 e. The van der Waals surface area contributed by atoms with Crippen LogP contribution in [-0.2, 0) is 0 Å². The highest BCUT2D eigenvalue weighted by molar-refractivity contribution is 4.85. The number of rotatable bonds is 8. The van der Waals surface area contributed by atoms with Crippen molar-refractivity contribution in [1.29, 1.82) is 0 Å². The molecule has 1 rings (SSSR count). The normalized spacial score (nSPS) is 18.5. The molecule has 0 saturated carbocycles. The van der Waals surface area contributed by atoms with Crippen LogP contribution in [0.5, 0.6) is 0 Å². The van der Waals surface area contributed by atoms with Crippen LogP contribution in [0.3, 0.4) is 0 Å². The van der Waals surface area contributed by atoms with E-state index in [2.05, 4.69) is 49.9 Å². The minimum atomic E-state index is 0.342. The number of nitrogens with one attached hydrogen (secondary N) is 1. The second kappa shape index (κ2) is 8.23. The van der Waals surface area contributed by atoms with Gasteiger partial charge in [-0.3, -0.25) is 4.90 Å². The first-order chi connectivity index (χ1) is 8.92. The smallest absolute Gasteiger partial charge is 0.0166 e. The third kappa shape index (κ3) is 6.73. The fourth-order valence-electron chi connectivity index (χ4n) is 2.77. The van der Waals surface area contributed by atoms with E-state index in [0.717, 1.165) is 19.0 Å². The van der Waals surface area contributed by atoms with Gasteiger partial charge in [0.2, 0.25) is 0 Å². The predicted molar refractivity (Wildman–Crippen MR) is 84.7 cm³/mol. The second-order valence-electron chi connectivity index (χ2n) is 7.14. The van der Waals surface area contributed by atoms with Crippen molar-refractivity contribution in [2.45, 2.75) is 52.5 Å². The molecule has 1 fully saturated rings. The molecule has 3 heteroatoms. The SMILES string of the molecule is CC(C)CCCN(C)CCC(C)(C)N1CCNCC1. The first-order valence-electron chi connectivity index (χ1n) is 8.06. The van der Waals surface area contributed by atoms with Crippen LogP contribution in [0.2, 0.25) is 0 Å². The van der Waals surface area contributed by atoms with Gasteiger partial charge in [-0.05, 0) is 59.2 Å². The summed E-state index contributed by atoms with van der Waals surface area (Å²) in [5.74, 6) is 0.839. The molecular weight excluding hydrogens is 234 g/mol. The zero-order valence-corrected chi connectivity index (χ0v) is 13.8. The summed E-state index contributed by atoms with van der Waals surface area (Å²) in [5, 5.41) is 3.44. The summed E-state index contributed by atoms with van der Waals surface area (Å²) in [6.07, 6.45) is 3.96. The molecule has 0 bridgehead atoms. The number of hydrogen-bond acceptors (Lipinski definition) is 3. The van der Waals surface area contributed by atoms with Gasteiger partial charge in [-0.1, -0.05) is 13.8 Å². The van der Waals surface area contributed by atoms with Gasteiger partial charge >= 0.3 is 0 Å². The summed E-state index contributed by atoms with van der Waals surface area (Å²) in [6.45, 7) is 16.6. The van der Waals surface area contributed by atoms with Crippen LogP contribution in [-0.4, -0.2) is 61.7 Å². The molecule has 0 aliphatic carbocycles. The van der Waals surface area contributed by atoms with Crippen LogP contribution < -0.4 is 5.32 Å². The van der Waals surface area contributed by atoms with Crippen LogP contribution in [0.1, 0.15) is 47.0 Å². The molecule has 0 unspecified atom stereocenters. The molecule has 0 atom stereocenters. The molecule has 19 heavy (non-hydrogen) atoms. The van der Waals surface area contributed by atoms with E-state index >= 15 is 0 Å². The van der Waals surface area contributed by atoms with Gasteiger partial charge in [0, 0.05) is 31.7 Å². The lowest BCUT2D eigenvalue weighted by Gasteiger charge is -2.42. The van der Waals surface area contributed by atoms with Crippen LogP contribution in [0.15, 0.2) is 0 Å². The van der Waals surface area contributed by atoms with E-state index in [-0.39, 0.29) is 0 Å². The highest BCUT2D eigenvalue weighted by Gasteiger charge is 2.27. The molecule has 1 aliphatic rings. The second-order valence-corrected chi connectivity index (χ2v) is 7.14. The lowest BCUT2D eigenvalue weighted by Crippen LogP contribution is -2.54. The molecule has 0 spiro atoms. The maximum atomic E-state index is 3.44. The van der Waals surface area contributed by atoms with Crippen molar-refractivity contribution in [3.8, 4) is 0 Å². The quantitative estimate of drug-likeness (QED) is 0.730. The molecule has 0 aromatic carbocycles. The Kier molecular flexibility index (Phi) is 7.33. The number of nitrogens with zero attached hydrogens (tertiary/aromatic N) is 2. The van der Waals surface area contributed by atoms with Crippen molar-refractivity contribution in [3.63, 3.8) is 0 Å². The van der Waals surface area contributed by atoms with Crippen molar-refractivity contribution < 1.29 is 0 Å². The first-order valence-corrected chi connectivity index (χ1v) is 8.06. The Balaban J connectivity index is 2.21. The summed E-state index contributed by atoms with van der Waals surface area (Å²) < 4.78 is 0. The van der Waals surface area contributed by atoms with Crippen molar-refractivity contribution in [3.05, 3.63) is 0 Å². The zero-order chi connectivity index (χ0) is 14.3. The number of hydrogen-bond donors (Lipinski definition) is 1. The van der Waals surface area contributed by atoms with Gasteiger partial charge in [-0.25, -0.2) is 0 Å². The summed E-state index contributed by atoms with van der Waals surface area (Å²) >= 11 is 0. The molecule has 3 nitrogen and oxygen atoms in total. The Hall–Kier alpha value is -0.120. The van der Waals surface area contributed by atoms with Gasteiger partial charge in [0.05, 0.1) is 0 Å². The van der Waals surface area contributed by atoms with Crippen molar-refractivity contribution >= 4 is 0 Å². The van der Waals surface area contributed by atoms with E-state index in [1.807, 2.05) is 0 Å². The molecular formula is C16H35N3. The average Bonchev–Trinajstić information content (AvgIpc) is 2.37. The Morgan fingerprint density at radius 2 is 1.79 bits per heavy atom. The lowest BCUT2D eigenvalue weighted by molar-refractivity contribution is 0.0858. The Morgan fingerprint density at radius 1 is 1.16 bits per heavy atom. The van der Waals surface area contributed by atoms with E-state index in [1.54, 1.807) is 0 Å². The minimum absolute atomic E-state index is 0.342. The highest BCUT2D eigenvalue weighted by atomic mass is 15.2. The maximum absolute atomic E-state index is 3.44. The van der Waals surface area contributed by atoms with Crippen molar-refractivity contribution in [1.82, 2.24) is 15.1 Å². The van der Waals surface area contributed by atoms with Crippen molar-refractivity contribution in [2.24, 2.45) is 5.92 Å². The maximum Gasteiger partial charge on any atom is 0.0166 e. The summed E-state index contributed by atoms with van der Waals surface area (Å²) in [7, 11) is 2.27. The molecule has 1 aliphatic heterocycles. The van der Waals surface area contributed by atoms with E-state index < -0.39 is 0 Å². The summed E-state index contributed by atoms with van der Waals surface area (Å²) in [4.78, 5) is 5.15. The van der Waals surface area contributed by atoms with Crippen LogP contribution in [0, 0.1) is 5.92 Å². The Bertz CT molecular complexity index is 232. The molecule has 0 radical (unpaired) electrons. The summed E-state index contributed by atoms with van der Waals surface area (Å²) in [5.41, 5.74) is 0.342. The molecule has 114 valence electrons. The molecule has 1 heterocycles. The van der Waals surface area contributed by atoms with Gasteiger partial charge in [0.1, 0.15) is 0 Å². The van der Waals surface area contributed by atoms with Crippen LogP contribution >= 0.6 is 0 Å². The lowest BCUT2D eigenvalue weighted by atomic mass is 9.96. The van der Waals surface area contributed by atoms with Crippen LogP contribution in [0.4, 0.5) is 0 Å². The van der Waals surface area contributed by atoms with E-state index in [0.29, 0.717) is 5.54 Å². The van der Waals surface area contributed by atoms with Crippen LogP contribution in [0.25, 0.3) is 0 Å². The minimum Gasteiger partial charge on any atom is -0.314 e. The molecule has 0 aromatic heterocycles. The molecule has 0 aromatic rings. The monoisotopic (exact) mass is 269 g/mol. The Labute approximate surface area is 120 Å². The van der Waals surface area contributed by atoms with E-state index in [1.165, 1.54) is 45.4 Å². The van der Waals surface area contributed by atoms with Gasteiger partial charge in [-0.15, -0.1) is 0 Å². The van der Waals surface area contributed by atoms with Gasteiger partial charge in [-0.2, -0.15) is 0 Å². The topological polar surface area (TPSA) is 18.5 Å². The Morgan fingerprint density at radius 3 is 2.37 bits per heavy atom. The molecule has 1 N–H and O–H groups in total. The zero-order valence-electron chi connectivity index (χ0n) is 13.8. The average molecular weight is 269 g/mol. The fourth-order valence-corrected chi connectivity index (χ4v) is 2.77. The third-order valence-corrected chi connectivity index (χ3v) is 4.40. The van der Waals surface area contributed by atoms with E-state index in [9.17, 15) is 0 Å². The predicted octanol–water partition coefficient (Wildman–Crippen LogP) is 2.43. The van der Waals surface area contributed by atoms with Gasteiger partial charge < -0.3 is 10.2 Å². The molecule has 1 saturated heterocycles. The van der Waals surface area contributed by atoms with Gasteiger partial charge in [0.25, 0.3) is 0 Å². The standard InChI is InChI=1S/C16H35N3/c1-15(2)7-6-11-18(5)12-8-16(3,4)19-13-9-17-10-14-19/h15,17H,6-14H2,1-5H3. The number of piperazine rings is 1. The summed E-state index contributed by atoms with van der Waals surface area (Å²) in [6, 6.07) is 0.